The number of carbonyl (C=O) groups is 1. The van der Waals surface area contributed by atoms with Crippen LogP contribution < -0.4 is 10.2 Å². The molecule has 166 valence electrons. The van der Waals surface area contributed by atoms with Crippen molar-refractivity contribution in [2.75, 3.05) is 18.0 Å². The number of benzene rings is 1. The molecule has 1 saturated heterocycles. The molecule has 1 amide bonds. The lowest BCUT2D eigenvalue weighted by atomic mass is 10.1. The number of aliphatic hydroxyl groups is 1. The maximum Gasteiger partial charge on any atom is 0.272 e. The van der Waals surface area contributed by atoms with Gasteiger partial charge < -0.3 is 24.5 Å². The molecule has 2 fully saturated rings. The molecule has 1 aromatic carbocycles. The van der Waals surface area contributed by atoms with E-state index in [4.69, 9.17) is 0 Å². The van der Waals surface area contributed by atoms with E-state index in [-0.39, 0.29) is 18.6 Å². The van der Waals surface area contributed by atoms with Gasteiger partial charge in [-0.05, 0) is 54.4 Å². The molecule has 8 heteroatoms. The van der Waals surface area contributed by atoms with Crippen LogP contribution in [0, 0.1) is 11.8 Å². The number of amides is 1. The molecule has 0 radical (unpaired) electrons. The van der Waals surface area contributed by atoms with Crippen molar-refractivity contribution in [1.29, 1.82) is 0 Å². The number of nitrogens with zero attached hydrogens (tertiary/aromatic N) is 5. The van der Waals surface area contributed by atoms with E-state index in [1.807, 2.05) is 16.2 Å². The SMILES string of the molecule is Cn1cnc2c1CC[C@H]2NC(=O)c1cn(Cc2ccc(N3CC4CC4C3)cc2CO)cn1. The van der Waals surface area contributed by atoms with Crippen LogP contribution in [0.4, 0.5) is 5.69 Å². The summed E-state index contributed by atoms with van der Waals surface area (Å²) in [5, 5.41) is 13.0. The quantitative estimate of drug-likeness (QED) is 0.622. The second-order valence-electron chi connectivity index (χ2n) is 9.46. The number of anilines is 1. The molecular formula is C24H28N6O2. The highest BCUT2D eigenvalue weighted by Gasteiger charge is 2.45. The summed E-state index contributed by atoms with van der Waals surface area (Å²) in [6.45, 7) is 2.83. The maximum absolute atomic E-state index is 12.8. The number of aliphatic hydroxyl groups excluding tert-OH is 1. The Bertz CT molecular complexity index is 1170. The van der Waals surface area contributed by atoms with Crippen molar-refractivity contribution in [1.82, 2.24) is 24.4 Å². The molecule has 2 aliphatic carbocycles. The van der Waals surface area contributed by atoms with Gasteiger partial charge in [-0.3, -0.25) is 4.79 Å². The van der Waals surface area contributed by atoms with E-state index in [1.165, 1.54) is 17.8 Å². The van der Waals surface area contributed by atoms with Crippen LogP contribution in [0.15, 0.2) is 37.1 Å². The number of hydrogen-bond donors (Lipinski definition) is 2. The Morgan fingerprint density at radius 3 is 2.84 bits per heavy atom. The Kier molecular flexibility index (Phi) is 4.57. The average Bonchev–Trinajstić information content (AvgIpc) is 3.27. The van der Waals surface area contributed by atoms with Gasteiger partial charge in [-0.25, -0.2) is 9.97 Å². The van der Waals surface area contributed by atoms with Crippen LogP contribution in [-0.2, 0) is 26.6 Å². The van der Waals surface area contributed by atoms with Gasteiger partial charge >= 0.3 is 0 Å². The number of hydrogen-bond acceptors (Lipinski definition) is 5. The monoisotopic (exact) mass is 432 g/mol. The second-order valence-corrected chi connectivity index (χ2v) is 9.46. The largest absolute Gasteiger partial charge is 0.392 e. The fourth-order valence-corrected chi connectivity index (χ4v) is 5.34. The predicted molar refractivity (Wildman–Crippen MR) is 119 cm³/mol. The zero-order valence-corrected chi connectivity index (χ0v) is 18.2. The third kappa shape index (κ3) is 3.39. The van der Waals surface area contributed by atoms with Gasteiger partial charge in [0.1, 0.15) is 5.69 Å². The van der Waals surface area contributed by atoms with Gasteiger partial charge in [0, 0.05) is 44.3 Å². The maximum atomic E-state index is 12.8. The van der Waals surface area contributed by atoms with E-state index in [0.29, 0.717) is 12.2 Å². The first-order chi connectivity index (χ1) is 15.6. The molecule has 3 heterocycles. The number of fused-ring (bicyclic) bond motifs is 2. The van der Waals surface area contributed by atoms with E-state index in [9.17, 15) is 9.90 Å². The molecule has 0 spiro atoms. The fraction of sp³-hybridized carbons (Fsp3) is 0.458. The number of carbonyl (C=O) groups excluding carboxylic acids is 1. The van der Waals surface area contributed by atoms with Crippen molar-refractivity contribution >= 4 is 11.6 Å². The minimum absolute atomic E-state index is 0.000000148. The Morgan fingerprint density at radius 2 is 2.03 bits per heavy atom. The highest BCUT2D eigenvalue weighted by molar-refractivity contribution is 5.92. The van der Waals surface area contributed by atoms with Crippen molar-refractivity contribution < 1.29 is 9.90 Å². The molecule has 1 saturated carbocycles. The minimum Gasteiger partial charge on any atom is -0.392 e. The van der Waals surface area contributed by atoms with Gasteiger partial charge in [-0.1, -0.05) is 6.07 Å². The Labute approximate surface area is 186 Å². The summed E-state index contributed by atoms with van der Waals surface area (Å²) < 4.78 is 3.92. The van der Waals surface area contributed by atoms with E-state index >= 15 is 0 Å². The van der Waals surface area contributed by atoms with E-state index < -0.39 is 0 Å². The van der Waals surface area contributed by atoms with Gasteiger partial charge in [0.25, 0.3) is 5.91 Å². The topological polar surface area (TPSA) is 88.2 Å². The highest BCUT2D eigenvalue weighted by Crippen LogP contribution is 2.46. The Morgan fingerprint density at radius 1 is 1.19 bits per heavy atom. The molecule has 2 aromatic heterocycles. The van der Waals surface area contributed by atoms with Crippen LogP contribution in [0.5, 0.6) is 0 Å². The van der Waals surface area contributed by atoms with Gasteiger partial charge in [0.05, 0.1) is 31.0 Å². The van der Waals surface area contributed by atoms with E-state index in [2.05, 4.69) is 38.4 Å². The standard InChI is InChI=1S/C24H28N6O2/c1-28-13-26-23-20(4-5-22(23)28)27-24(32)21-11-29(14-25-21)8-15-2-3-19(7-18(15)12-31)30-9-16-6-17(16)10-30/h2-3,7,11,13-14,16-17,20,31H,4-6,8-10,12H2,1H3,(H,27,32)/t16?,17?,20-/m1/s1. The molecule has 3 atom stereocenters. The fourth-order valence-electron chi connectivity index (χ4n) is 5.34. The van der Waals surface area contributed by atoms with Crippen LogP contribution in [0.3, 0.4) is 0 Å². The number of nitrogens with one attached hydrogen (secondary N) is 1. The molecule has 6 rings (SSSR count). The predicted octanol–water partition coefficient (Wildman–Crippen LogP) is 2.03. The first-order valence-electron chi connectivity index (χ1n) is 11.4. The van der Waals surface area contributed by atoms with Crippen LogP contribution >= 0.6 is 0 Å². The minimum atomic E-state index is -0.183. The van der Waals surface area contributed by atoms with Crippen LogP contribution in [0.2, 0.25) is 0 Å². The Hall–Kier alpha value is -3.13. The molecule has 32 heavy (non-hydrogen) atoms. The smallest absolute Gasteiger partial charge is 0.272 e. The van der Waals surface area contributed by atoms with Crippen LogP contribution in [-0.4, -0.2) is 43.2 Å². The normalized spacial score (nSPS) is 23.3. The van der Waals surface area contributed by atoms with Crippen LogP contribution in [0.1, 0.15) is 51.9 Å². The summed E-state index contributed by atoms with van der Waals surface area (Å²) in [6, 6.07) is 6.28. The Balaban J connectivity index is 1.13. The number of aromatic nitrogens is 4. The average molecular weight is 433 g/mol. The summed E-state index contributed by atoms with van der Waals surface area (Å²) in [5.74, 6) is 1.56. The second kappa shape index (κ2) is 7.48. The lowest BCUT2D eigenvalue weighted by Gasteiger charge is -2.22. The zero-order valence-electron chi connectivity index (χ0n) is 18.2. The molecule has 1 aliphatic heterocycles. The third-order valence-electron chi connectivity index (χ3n) is 7.32. The number of piperidine rings is 1. The van der Waals surface area contributed by atoms with Gasteiger partial charge in [0.2, 0.25) is 0 Å². The molecule has 3 aromatic rings. The van der Waals surface area contributed by atoms with Crippen molar-refractivity contribution in [3.63, 3.8) is 0 Å². The van der Waals surface area contributed by atoms with E-state index in [1.54, 1.807) is 18.9 Å². The van der Waals surface area contributed by atoms with Crippen molar-refractivity contribution in [2.24, 2.45) is 18.9 Å². The zero-order chi connectivity index (χ0) is 21.8. The molecule has 3 aliphatic rings. The van der Waals surface area contributed by atoms with E-state index in [0.717, 1.165) is 54.6 Å². The molecular weight excluding hydrogens is 404 g/mol. The summed E-state index contributed by atoms with van der Waals surface area (Å²) in [5.41, 5.74) is 5.71. The van der Waals surface area contributed by atoms with Crippen molar-refractivity contribution in [3.8, 4) is 0 Å². The molecule has 2 unspecified atom stereocenters. The summed E-state index contributed by atoms with van der Waals surface area (Å²) >= 11 is 0. The van der Waals surface area contributed by atoms with Crippen LogP contribution in [0.25, 0.3) is 0 Å². The van der Waals surface area contributed by atoms with Gasteiger partial charge in [0.15, 0.2) is 0 Å². The van der Waals surface area contributed by atoms with Gasteiger partial charge in [-0.2, -0.15) is 0 Å². The van der Waals surface area contributed by atoms with Gasteiger partial charge in [-0.15, -0.1) is 0 Å². The van der Waals surface area contributed by atoms with Crippen molar-refractivity contribution in [2.45, 2.75) is 38.5 Å². The first-order valence-corrected chi connectivity index (χ1v) is 11.4. The summed E-state index contributed by atoms with van der Waals surface area (Å²) in [6.07, 6.45) is 8.41. The molecule has 0 bridgehead atoms. The first kappa shape index (κ1) is 19.5. The summed E-state index contributed by atoms with van der Waals surface area (Å²) in [7, 11) is 1.98. The lowest BCUT2D eigenvalue weighted by Crippen LogP contribution is -2.27. The third-order valence-corrected chi connectivity index (χ3v) is 7.32. The number of aryl methyl sites for hydroxylation is 1. The lowest BCUT2D eigenvalue weighted by molar-refractivity contribution is 0.0931. The molecule has 8 nitrogen and oxygen atoms in total. The van der Waals surface area contributed by atoms with Crippen molar-refractivity contribution in [3.05, 3.63) is 65.3 Å². The number of rotatable bonds is 6. The highest BCUT2D eigenvalue weighted by atomic mass is 16.3. The molecule has 2 N–H and O–H groups in total. The summed E-state index contributed by atoms with van der Waals surface area (Å²) in [4.78, 5) is 24.0. The number of imidazole rings is 2.